The van der Waals surface area contributed by atoms with E-state index in [1.165, 1.54) is 18.2 Å². The molecule has 0 radical (unpaired) electrons. The molecule has 0 bridgehead atoms. The van der Waals surface area contributed by atoms with Gasteiger partial charge in [0.2, 0.25) is 0 Å². The van der Waals surface area contributed by atoms with Crippen molar-refractivity contribution in [3.05, 3.63) is 58.6 Å². The molecule has 11 heteroatoms. The van der Waals surface area contributed by atoms with Crippen LogP contribution in [0.1, 0.15) is 15.9 Å². The van der Waals surface area contributed by atoms with E-state index in [4.69, 9.17) is 11.6 Å². The highest BCUT2D eigenvalue weighted by atomic mass is 35.5. The summed E-state index contributed by atoms with van der Waals surface area (Å²) in [6.07, 6.45) is -4.77. The molecule has 0 unspecified atom stereocenters. The number of nitrogens with one attached hydrogen (secondary N) is 1. The first-order chi connectivity index (χ1) is 13.1. The van der Waals surface area contributed by atoms with E-state index in [0.717, 1.165) is 24.3 Å². The van der Waals surface area contributed by atoms with Gasteiger partial charge in [0.15, 0.2) is 6.61 Å². The maximum atomic E-state index is 13.0. The molecule has 0 aliphatic heterocycles. The number of ether oxygens (including phenoxy) is 2. The van der Waals surface area contributed by atoms with Crippen molar-refractivity contribution < 1.29 is 41.0 Å². The number of para-hydroxylation sites is 1. The van der Waals surface area contributed by atoms with Crippen LogP contribution >= 0.6 is 11.6 Å². The van der Waals surface area contributed by atoms with E-state index in [9.17, 15) is 31.5 Å². The van der Waals surface area contributed by atoms with E-state index in [1.54, 1.807) is 0 Å². The molecule has 0 aromatic heterocycles. The van der Waals surface area contributed by atoms with Gasteiger partial charge in [0, 0.05) is 0 Å². The molecule has 28 heavy (non-hydrogen) atoms. The molecule has 2 aromatic rings. The van der Waals surface area contributed by atoms with Crippen LogP contribution in [0.2, 0.25) is 5.02 Å². The summed E-state index contributed by atoms with van der Waals surface area (Å²) in [6, 6.07) is 7.53. The molecule has 150 valence electrons. The third-order valence-electron chi connectivity index (χ3n) is 3.21. The number of benzene rings is 2. The second-order valence-electron chi connectivity index (χ2n) is 5.19. The lowest BCUT2D eigenvalue weighted by Gasteiger charge is -2.15. The normalized spacial score (nSPS) is 11.2. The van der Waals surface area contributed by atoms with Gasteiger partial charge in [-0.3, -0.25) is 4.79 Å². The van der Waals surface area contributed by atoms with Gasteiger partial charge in [-0.1, -0.05) is 23.7 Å². The number of rotatable bonds is 6. The van der Waals surface area contributed by atoms with E-state index < -0.39 is 42.5 Å². The van der Waals surface area contributed by atoms with Crippen LogP contribution in [0.3, 0.4) is 0 Å². The largest absolute Gasteiger partial charge is 0.452 e. The molecule has 0 aliphatic carbocycles. The van der Waals surface area contributed by atoms with E-state index in [2.05, 4.69) is 9.47 Å². The maximum Gasteiger partial charge on any atom is 0.418 e. The van der Waals surface area contributed by atoms with Gasteiger partial charge in [0.05, 0.1) is 21.8 Å². The molecule has 2 aromatic carbocycles. The molecular weight excluding hydrogens is 413 g/mol. The van der Waals surface area contributed by atoms with Crippen molar-refractivity contribution in [2.75, 3.05) is 11.9 Å². The quantitative estimate of drug-likeness (QED) is 0.537. The van der Waals surface area contributed by atoms with Gasteiger partial charge >= 0.3 is 18.8 Å². The van der Waals surface area contributed by atoms with Crippen LogP contribution in [0.4, 0.5) is 27.6 Å². The highest BCUT2D eigenvalue weighted by Gasteiger charge is 2.34. The second-order valence-corrected chi connectivity index (χ2v) is 5.60. The number of hydrogen-bond acceptors (Lipinski definition) is 4. The molecule has 0 spiro atoms. The number of carbonyl (C=O) groups is 2. The minimum absolute atomic E-state index is 0.195. The predicted molar refractivity (Wildman–Crippen MR) is 88.4 cm³/mol. The Balaban J connectivity index is 2.03. The van der Waals surface area contributed by atoms with Gasteiger partial charge in [0.25, 0.3) is 5.91 Å². The van der Waals surface area contributed by atoms with Gasteiger partial charge < -0.3 is 14.8 Å². The van der Waals surface area contributed by atoms with Crippen molar-refractivity contribution in [3.8, 4) is 5.75 Å². The smallest absolute Gasteiger partial charge is 0.418 e. The summed E-state index contributed by atoms with van der Waals surface area (Å²) in [5, 5.41) is 1.58. The monoisotopic (exact) mass is 423 g/mol. The third-order valence-corrected chi connectivity index (χ3v) is 3.53. The molecule has 1 amide bonds. The lowest BCUT2D eigenvalue weighted by Crippen LogP contribution is -2.23. The van der Waals surface area contributed by atoms with Crippen LogP contribution in [0.25, 0.3) is 0 Å². The van der Waals surface area contributed by atoms with Gasteiger partial charge in [-0.05, 0) is 30.3 Å². The zero-order valence-electron chi connectivity index (χ0n) is 13.7. The average Bonchev–Trinajstić information content (AvgIpc) is 2.60. The van der Waals surface area contributed by atoms with Gasteiger partial charge in [-0.15, -0.1) is 0 Å². The summed E-state index contributed by atoms with van der Waals surface area (Å²) in [5.41, 5.74) is -2.04. The summed E-state index contributed by atoms with van der Waals surface area (Å²) in [4.78, 5) is 23.7. The van der Waals surface area contributed by atoms with E-state index >= 15 is 0 Å². The fourth-order valence-electron chi connectivity index (χ4n) is 2.08. The zero-order valence-corrected chi connectivity index (χ0v) is 14.5. The van der Waals surface area contributed by atoms with E-state index in [-0.39, 0.29) is 16.3 Å². The highest BCUT2D eigenvalue weighted by Crippen LogP contribution is 2.38. The summed E-state index contributed by atoms with van der Waals surface area (Å²) < 4.78 is 72.1. The summed E-state index contributed by atoms with van der Waals surface area (Å²) in [6.45, 7) is -4.03. The predicted octanol–water partition coefficient (Wildman–Crippen LogP) is 4.76. The van der Waals surface area contributed by atoms with Crippen LogP contribution in [0.15, 0.2) is 42.5 Å². The molecule has 2 rings (SSSR count). The highest BCUT2D eigenvalue weighted by molar-refractivity contribution is 6.34. The molecule has 1 N–H and O–H groups in total. The fourth-order valence-corrected chi connectivity index (χ4v) is 2.30. The first-order valence-corrected chi connectivity index (χ1v) is 7.83. The minimum atomic E-state index is -4.77. The fraction of sp³-hybridized carbons (Fsp3) is 0.176. The van der Waals surface area contributed by atoms with Crippen molar-refractivity contribution in [2.45, 2.75) is 12.8 Å². The average molecular weight is 424 g/mol. The molecule has 0 saturated carbocycles. The standard InChI is InChI=1S/C17H11ClF5NO4/c18-12-6-2-5-11(17(21,22)23)14(12)24-13(25)8-27-15(26)9-3-1-4-10(7-9)28-16(19)20/h1-7,16H,8H2,(H,24,25). The maximum absolute atomic E-state index is 13.0. The van der Waals surface area contributed by atoms with Crippen LogP contribution in [-0.2, 0) is 15.7 Å². The molecule has 0 saturated heterocycles. The molecule has 0 heterocycles. The van der Waals surface area contributed by atoms with Crippen molar-refractivity contribution in [2.24, 2.45) is 0 Å². The van der Waals surface area contributed by atoms with Crippen LogP contribution < -0.4 is 10.1 Å². The van der Waals surface area contributed by atoms with Crippen LogP contribution in [0.5, 0.6) is 5.75 Å². The van der Waals surface area contributed by atoms with Crippen molar-refractivity contribution in [1.82, 2.24) is 0 Å². The van der Waals surface area contributed by atoms with Crippen molar-refractivity contribution in [3.63, 3.8) is 0 Å². The lowest BCUT2D eigenvalue weighted by atomic mass is 10.1. The molecule has 5 nitrogen and oxygen atoms in total. The first kappa shape index (κ1) is 21.4. The third kappa shape index (κ3) is 5.81. The Morgan fingerprint density at radius 3 is 2.43 bits per heavy atom. The molecule has 0 aliphatic rings. The Labute approximate surface area is 160 Å². The number of hydrogen-bond donors (Lipinski definition) is 1. The SMILES string of the molecule is O=C(COC(=O)c1cccc(OC(F)F)c1)Nc1c(Cl)cccc1C(F)(F)F. The van der Waals surface area contributed by atoms with E-state index in [0.29, 0.717) is 0 Å². The summed E-state index contributed by atoms with van der Waals surface area (Å²) in [7, 11) is 0. The van der Waals surface area contributed by atoms with Gasteiger partial charge in [-0.25, -0.2) is 4.79 Å². The van der Waals surface area contributed by atoms with Crippen molar-refractivity contribution in [1.29, 1.82) is 0 Å². The van der Waals surface area contributed by atoms with Crippen LogP contribution in [0, 0.1) is 0 Å². The second kappa shape index (κ2) is 8.87. The van der Waals surface area contributed by atoms with Crippen molar-refractivity contribution >= 4 is 29.2 Å². The Kier molecular flexibility index (Phi) is 6.79. The number of alkyl halides is 5. The molecule has 0 fully saturated rings. The zero-order chi connectivity index (χ0) is 20.9. The van der Waals surface area contributed by atoms with E-state index in [1.807, 2.05) is 5.32 Å². The van der Waals surface area contributed by atoms with Gasteiger partial charge in [0.1, 0.15) is 5.75 Å². The first-order valence-electron chi connectivity index (χ1n) is 7.45. The Bertz CT molecular complexity index is 873. The molecule has 0 atom stereocenters. The summed E-state index contributed by atoms with van der Waals surface area (Å²) >= 11 is 5.70. The van der Waals surface area contributed by atoms with Crippen LogP contribution in [-0.4, -0.2) is 25.1 Å². The topological polar surface area (TPSA) is 64.6 Å². The van der Waals surface area contributed by atoms with Gasteiger partial charge in [-0.2, -0.15) is 22.0 Å². The number of amides is 1. The number of halogens is 6. The number of anilines is 1. The molecular formula is C17H11ClF5NO4. The summed E-state index contributed by atoms with van der Waals surface area (Å²) in [5.74, 6) is -2.45. The Morgan fingerprint density at radius 1 is 1.11 bits per heavy atom. The Morgan fingerprint density at radius 2 is 1.79 bits per heavy atom. The lowest BCUT2D eigenvalue weighted by molar-refractivity contribution is -0.137. The minimum Gasteiger partial charge on any atom is -0.452 e. The number of esters is 1. The number of carbonyl (C=O) groups excluding carboxylic acids is 2. The Hall–Kier alpha value is -2.88.